The van der Waals surface area contributed by atoms with Crippen LogP contribution in [0.3, 0.4) is 0 Å². The second kappa shape index (κ2) is 7.80. The predicted octanol–water partition coefficient (Wildman–Crippen LogP) is 3.71. The smallest absolute Gasteiger partial charge is 0.323 e. The van der Waals surface area contributed by atoms with Gasteiger partial charge in [0.25, 0.3) is 0 Å². The number of nitrogens with zero attached hydrogens (tertiary/aromatic N) is 1. The Bertz CT molecular complexity index is 1080. The number of fused-ring (bicyclic) bond motifs is 1. The van der Waals surface area contributed by atoms with Crippen LogP contribution in [-0.2, 0) is 10.0 Å². The molecule has 0 saturated heterocycles. The lowest BCUT2D eigenvalue weighted by Crippen LogP contribution is -2.19. The Labute approximate surface area is 160 Å². The van der Waals surface area contributed by atoms with E-state index >= 15 is 0 Å². The van der Waals surface area contributed by atoms with Gasteiger partial charge >= 0.3 is 6.03 Å². The van der Waals surface area contributed by atoms with Crippen molar-refractivity contribution in [2.24, 2.45) is 0 Å². The van der Waals surface area contributed by atoms with Gasteiger partial charge in [-0.15, -0.1) is 0 Å². The molecule has 0 unspecified atom stereocenters. The van der Waals surface area contributed by atoms with Crippen molar-refractivity contribution in [2.45, 2.75) is 6.92 Å². The van der Waals surface area contributed by atoms with E-state index in [1.165, 1.54) is 11.3 Å². The molecule has 0 spiro atoms. The van der Waals surface area contributed by atoms with Gasteiger partial charge in [-0.25, -0.2) is 18.2 Å². The molecule has 3 aromatic rings. The summed E-state index contributed by atoms with van der Waals surface area (Å²) in [5.41, 5.74) is 1.76. The molecule has 0 aliphatic rings. The summed E-state index contributed by atoms with van der Waals surface area (Å²) in [5.74, 6) is 0.588. The quantitative estimate of drug-likeness (QED) is 0.578. The average Bonchev–Trinajstić information content (AvgIpc) is 2.96. The number of ether oxygens (including phenoxy) is 1. The number of anilines is 3. The van der Waals surface area contributed by atoms with E-state index in [0.717, 1.165) is 11.0 Å². The van der Waals surface area contributed by atoms with Gasteiger partial charge in [-0.1, -0.05) is 23.5 Å². The van der Waals surface area contributed by atoms with Gasteiger partial charge in [0.1, 0.15) is 5.75 Å². The first-order valence-corrected chi connectivity index (χ1v) is 10.7. The van der Waals surface area contributed by atoms with E-state index in [1.807, 2.05) is 13.0 Å². The van der Waals surface area contributed by atoms with Crippen molar-refractivity contribution in [2.75, 3.05) is 28.2 Å². The first kappa shape index (κ1) is 18.9. The van der Waals surface area contributed by atoms with E-state index in [1.54, 1.807) is 36.4 Å². The van der Waals surface area contributed by atoms with Gasteiger partial charge in [0.2, 0.25) is 10.0 Å². The normalized spacial score (nSPS) is 11.2. The molecular formula is C17H18N4O4S2. The minimum absolute atomic E-state index is 0.278. The topological polar surface area (TPSA) is 109 Å². The maximum Gasteiger partial charge on any atom is 0.323 e. The van der Waals surface area contributed by atoms with Crippen molar-refractivity contribution < 1.29 is 17.9 Å². The van der Waals surface area contributed by atoms with Crippen molar-refractivity contribution in [3.05, 3.63) is 42.5 Å². The molecule has 1 heterocycles. The number of amides is 2. The summed E-state index contributed by atoms with van der Waals surface area (Å²) in [6.07, 6.45) is 1.07. The van der Waals surface area contributed by atoms with E-state index in [2.05, 4.69) is 20.3 Å². The third kappa shape index (κ3) is 5.08. The standard InChI is InChI=1S/C17H18N4O4S2/c1-3-25-14-7-5-4-6-12(14)19-16(22)18-11-8-9-13-15(10-11)26-17(20-13)21-27(2,23)24/h4-10H,3H2,1-2H3,(H,20,21)(H2,18,19,22). The first-order valence-electron chi connectivity index (χ1n) is 8.02. The van der Waals surface area contributed by atoms with E-state index in [-0.39, 0.29) is 5.13 Å². The number of benzene rings is 2. The van der Waals surface area contributed by atoms with Gasteiger partial charge in [0.05, 0.1) is 28.8 Å². The zero-order valence-electron chi connectivity index (χ0n) is 14.6. The molecule has 1 aromatic heterocycles. The summed E-state index contributed by atoms with van der Waals surface area (Å²) < 4.78 is 31.2. The van der Waals surface area contributed by atoms with Crippen LogP contribution >= 0.6 is 11.3 Å². The fraction of sp³-hybridized carbons (Fsp3) is 0.176. The molecule has 3 N–H and O–H groups in total. The molecule has 0 atom stereocenters. The number of hydrogen-bond acceptors (Lipinski definition) is 6. The summed E-state index contributed by atoms with van der Waals surface area (Å²) in [4.78, 5) is 16.5. The lowest BCUT2D eigenvalue weighted by atomic mass is 10.3. The van der Waals surface area contributed by atoms with Crippen LogP contribution < -0.4 is 20.1 Å². The molecule has 0 radical (unpaired) electrons. The second-order valence-corrected chi connectivity index (χ2v) is 8.36. The maximum absolute atomic E-state index is 12.3. The first-order chi connectivity index (χ1) is 12.8. The van der Waals surface area contributed by atoms with E-state index < -0.39 is 16.1 Å². The van der Waals surface area contributed by atoms with Crippen molar-refractivity contribution in [1.82, 2.24) is 4.98 Å². The van der Waals surface area contributed by atoms with Crippen LogP contribution in [0.25, 0.3) is 10.2 Å². The highest BCUT2D eigenvalue weighted by Crippen LogP contribution is 2.29. The van der Waals surface area contributed by atoms with Crippen molar-refractivity contribution in [3.8, 4) is 5.75 Å². The largest absolute Gasteiger partial charge is 0.492 e. The fourth-order valence-electron chi connectivity index (χ4n) is 2.34. The monoisotopic (exact) mass is 406 g/mol. The molecule has 2 amide bonds. The Hall–Kier alpha value is -2.85. The van der Waals surface area contributed by atoms with Gasteiger partial charge in [-0.05, 0) is 37.3 Å². The minimum Gasteiger partial charge on any atom is -0.492 e. The zero-order chi connectivity index (χ0) is 19.4. The minimum atomic E-state index is -3.39. The number of carbonyl (C=O) groups excluding carboxylic acids is 1. The van der Waals surface area contributed by atoms with Crippen LogP contribution in [0.5, 0.6) is 5.75 Å². The average molecular weight is 406 g/mol. The lowest BCUT2D eigenvalue weighted by Gasteiger charge is -2.12. The summed E-state index contributed by atoms with van der Waals surface area (Å²) in [5, 5.41) is 5.77. The molecule has 0 aliphatic carbocycles. The third-order valence-corrected chi connectivity index (χ3v) is 4.98. The lowest BCUT2D eigenvalue weighted by molar-refractivity contribution is 0.262. The highest BCUT2D eigenvalue weighted by molar-refractivity contribution is 7.92. The maximum atomic E-state index is 12.3. The number of thiazole rings is 1. The van der Waals surface area contributed by atoms with E-state index in [9.17, 15) is 13.2 Å². The summed E-state index contributed by atoms with van der Waals surface area (Å²) >= 11 is 1.19. The molecular weight excluding hydrogens is 388 g/mol. The molecule has 0 fully saturated rings. The van der Waals surface area contributed by atoms with Crippen LogP contribution in [0.15, 0.2) is 42.5 Å². The molecule has 27 heavy (non-hydrogen) atoms. The second-order valence-electron chi connectivity index (χ2n) is 5.58. The van der Waals surface area contributed by atoms with Crippen molar-refractivity contribution in [1.29, 1.82) is 0 Å². The Morgan fingerprint density at radius 2 is 1.96 bits per heavy atom. The van der Waals surface area contributed by atoms with Crippen LogP contribution in [0.1, 0.15) is 6.92 Å². The van der Waals surface area contributed by atoms with Crippen molar-refractivity contribution >= 4 is 54.1 Å². The molecule has 0 saturated carbocycles. The number of hydrogen-bond donors (Lipinski definition) is 3. The van der Waals surface area contributed by atoms with Gasteiger partial charge in [0.15, 0.2) is 5.13 Å². The third-order valence-electron chi connectivity index (χ3n) is 3.35. The van der Waals surface area contributed by atoms with E-state index in [4.69, 9.17) is 4.74 Å². The molecule has 142 valence electrons. The number of sulfonamides is 1. The number of aromatic nitrogens is 1. The van der Waals surface area contributed by atoms with E-state index in [0.29, 0.717) is 29.2 Å². The number of nitrogens with one attached hydrogen (secondary N) is 3. The molecule has 0 aliphatic heterocycles. The number of urea groups is 1. The Balaban J connectivity index is 1.73. The molecule has 3 rings (SSSR count). The number of carbonyl (C=O) groups is 1. The van der Waals surface area contributed by atoms with Gasteiger partial charge in [-0.3, -0.25) is 4.72 Å². The number of rotatable bonds is 6. The van der Waals surface area contributed by atoms with Crippen LogP contribution in [0.2, 0.25) is 0 Å². The predicted molar refractivity (Wildman–Crippen MR) is 108 cm³/mol. The fourth-order valence-corrected chi connectivity index (χ4v) is 4.08. The molecule has 10 heteroatoms. The highest BCUT2D eigenvalue weighted by Gasteiger charge is 2.11. The summed E-state index contributed by atoms with van der Waals surface area (Å²) in [7, 11) is -3.39. The Kier molecular flexibility index (Phi) is 5.47. The summed E-state index contributed by atoms with van der Waals surface area (Å²) in [6, 6.07) is 11.9. The SMILES string of the molecule is CCOc1ccccc1NC(=O)Nc1ccc2nc(NS(C)(=O)=O)sc2c1. The zero-order valence-corrected chi connectivity index (χ0v) is 16.3. The molecule has 2 aromatic carbocycles. The van der Waals surface area contributed by atoms with Crippen molar-refractivity contribution in [3.63, 3.8) is 0 Å². The molecule has 8 nitrogen and oxygen atoms in total. The van der Waals surface area contributed by atoms with Gasteiger partial charge in [0, 0.05) is 5.69 Å². The van der Waals surface area contributed by atoms with Gasteiger partial charge in [-0.2, -0.15) is 0 Å². The van der Waals surface area contributed by atoms with Crippen LogP contribution in [0, 0.1) is 0 Å². The Morgan fingerprint density at radius 3 is 2.70 bits per heavy atom. The van der Waals surface area contributed by atoms with Crippen LogP contribution in [-0.4, -0.2) is 32.3 Å². The van der Waals surface area contributed by atoms with Crippen LogP contribution in [0.4, 0.5) is 21.3 Å². The van der Waals surface area contributed by atoms with Gasteiger partial charge < -0.3 is 15.4 Å². The highest BCUT2D eigenvalue weighted by atomic mass is 32.2. The summed E-state index contributed by atoms with van der Waals surface area (Å²) in [6.45, 7) is 2.36. The molecule has 0 bridgehead atoms. The Morgan fingerprint density at radius 1 is 1.19 bits per heavy atom. The number of para-hydroxylation sites is 2.